The first-order valence-corrected chi connectivity index (χ1v) is 10.4. The molecule has 0 aromatic heterocycles. The van der Waals surface area contributed by atoms with E-state index >= 15 is 0 Å². The first-order valence-electron chi connectivity index (χ1n) is 10.4. The fraction of sp³-hybridized carbons (Fsp3) is 0.619. The van der Waals surface area contributed by atoms with Crippen molar-refractivity contribution in [2.45, 2.75) is 50.6 Å². The van der Waals surface area contributed by atoms with Crippen LogP contribution in [0.4, 0.5) is 8.78 Å². The van der Waals surface area contributed by atoms with Gasteiger partial charge in [-0.1, -0.05) is 13.0 Å². The predicted octanol–water partition coefficient (Wildman–Crippen LogP) is 2.59. The van der Waals surface area contributed by atoms with Gasteiger partial charge in [0.1, 0.15) is 11.6 Å². The molecule has 9 heteroatoms. The Morgan fingerprint density at radius 3 is 2.47 bits per heavy atom. The number of carbonyl (C=O) groups is 1. The van der Waals surface area contributed by atoms with Crippen LogP contribution >= 0.6 is 24.0 Å². The van der Waals surface area contributed by atoms with Crippen molar-refractivity contribution in [2.24, 2.45) is 4.99 Å². The standard InChI is InChI=1S/C21H31F2N5O.HI/c1-3-9-25-19(29)13-28-10-7-14(8-11-28)26-21(24-2)27-18-12-15(18)20-16(22)5-4-6-17(20)23;/h4-6,14-15,18H,3,7-13H2,1-2H3,(H,25,29)(H2,24,26,27);1H. The highest BCUT2D eigenvalue weighted by atomic mass is 127. The summed E-state index contributed by atoms with van der Waals surface area (Å²) in [7, 11) is 1.70. The Balaban J connectivity index is 0.00000320. The lowest BCUT2D eigenvalue weighted by molar-refractivity contribution is -0.122. The SMILES string of the molecule is CCCNC(=O)CN1CCC(NC(=NC)NC2CC2c2c(F)cccc2F)CC1.I. The maximum Gasteiger partial charge on any atom is 0.234 e. The van der Waals surface area contributed by atoms with Crippen LogP contribution in [0, 0.1) is 11.6 Å². The zero-order valence-electron chi connectivity index (χ0n) is 17.6. The molecule has 0 spiro atoms. The van der Waals surface area contributed by atoms with E-state index < -0.39 is 11.6 Å². The van der Waals surface area contributed by atoms with Crippen molar-refractivity contribution in [3.05, 3.63) is 35.4 Å². The summed E-state index contributed by atoms with van der Waals surface area (Å²) in [6, 6.07) is 4.24. The number of amides is 1. The van der Waals surface area contributed by atoms with Crippen molar-refractivity contribution < 1.29 is 13.6 Å². The summed E-state index contributed by atoms with van der Waals surface area (Å²) >= 11 is 0. The second-order valence-corrected chi connectivity index (χ2v) is 7.85. The van der Waals surface area contributed by atoms with E-state index in [0.717, 1.165) is 38.9 Å². The third kappa shape index (κ3) is 6.76. The van der Waals surface area contributed by atoms with Crippen molar-refractivity contribution in [3.63, 3.8) is 0 Å². The van der Waals surface area contributed by atoms with Crippen molar-refractivity contribution in [1.29, 1.82) is 0 Å². The second kappa shape index (κ2) is 11.8. The number of nitrogens with one attached hydrogen (secondary N) is 3. The maximum absolute atomic E-state index is 14.0. The third-order valence-electron chi connectivity index (χ3n) is 5.57. The van der Waals surface area contributed by atoms with Crippen LogP contribution in [0.2, 0.25) is 0 Å². The van der Waals surface area contributed by atoms with Crippen molar-refractivity contribution in [3.8, 4) is 0 Å². The van der Waals surface area contributed by atoms with E-state index in [2.05, 4.69) is 25.8 Å². The average Bonchev–Trinajstić information content (AvgIpc) is 3.45. The lowest BCUT2D eigenvalue weighted by atomic mass is 10.1. The molecule has 1 saturated carbocycles. The summed E-state index contributed by atoms with van der Waals surface area (Å²) in [4.78, 5) is 18.3. The Kier molecular flexibility index (Phi) is 9.73. The minimum atomic E-state index is -0.488. The smallest absolute Gasteiger partial charge is 0.234 e. The number of piperidine rings is 1. The molecule has 2 atom stereocenters. The number of carbonyl (C=O) groups excluding carboxylic acids is 1. The van der Waals surface area contributed by atoms with Crippen LogP contribution < -0.4 is 16.0 Å². The zero-order valence-corrected chi connectivity index (χ0v) is 19.9. The van der Waals surface area contributed by atoms with E-state index in [-0.39, 0.29) is 53.4 Å². The molecular weight excluding hydrogens is 503 g/mol. The van der Waals surface area contributed by atoms with Gasteiger partial charge in [-0.25, -0.2) is 8.78 Å². The van der Waals surface area contributed by atoms with E-state index in [1.807, 2.05) is 6.92 Å². The van der Waals surface area contributed by atoms with Crippen molar-refractivity contribution in [2.75, 3.05) is 33.2 Å². The summed E-state index contributed by atoms with van der Waals surface area (Å²) in [6.07, 6.45) is 3.45. The van der Waals surface area contributed by atoms with Crippen LogP contribution in [-0.4, -0.2) is 62.1 Å². The molecule has 1 aromatic carbocycles. The first-order chi connectivity index (χ1) is 14.0. The topological polar surface area (TPSA) is 68.8 Å². The summed E-state index contributed by atoms with van der Waals surface area (Å²) in [5, 5.41) is 9.60. The van der Waals surface area contributed by atoms with Gasteiger partial charge in [-0.05, 0) is 37.8 Å². The van der Waals surface area contributed by atoms with Crippen molar-refractivity contribution >= 4 is 35.8 Å². The molecule has 6 nitrogen and oxygen atoms in total. The Bertz CT molecular complexity index is 720. The molecule has 2 unspecified atom stereocenters. The van der Waals surface area contributed by atoms with Crippen LogP contribution in [0.15, 0.2) is 23.2 Å². The molecule has 1 amide bonds. The van der Waals surface area contributed by atoms with E-state index in [1.165, 1.54) is 18.2 Å². The molecule has 168 valence electrons. The zero-order chi connectivity index (χ0) is 20.8. The van der Waals surface area contributed by atoms with Gasteiger partial charge in [0.2, 0.25) is 5.91 Å². The van der Waals surface area contributed by atoms with Gasteiger partial charge < -0.3 is 16.0 Å². The number of rotatable bonds is 7. The van der Waals surface area contributed by atoms with Gasteiger partial charge in [-0.3, -0.25) is 14.7 Å². The largest absolute Gasteiger partial charge is 0.355 e. The van der Waals surface area contributed by atoms with Gasteiger partial charge in [0.15, 0.2) is 5.96 Å². The number of aliphatic imine (C=N–C) groups is 1. The number of halogens is 3. The van der Waals surface area contributed by atoms with Gasteiger partial charge in [-0.15, -0.1) is 24.0 Å². The van der Waals surface area contributed by atoms with E-state index in [4.69, 9.17) is 0 Å². The number of hydrogen-bond donors (Lipinski definition) is 3. The highest BCUT2D eigenvalue weighted by molar-refractivity contribution is 14.0. The number of likely N-dealkylation sites (tertiary alicyclic amines) is 1. The van der Waals surface area contributed by atoms with E-state index in [9.17, 15) is 13.6 Å². The van der Waals surface area contributed by atoms with E-state index in [0.29, 0.717) is 18.9 Å². The van der Waals surface area contributed by atoms with Crippen LogP contribution in [0.5, 0.6) is 0 Å². The minimum absolute atomic E-state index is 0. The molecule has 30 heavy (non-hydrogen) atoms. The summed E-state index contributed by atoms with van der Waals surface area (Å²) in [5.41, 5.74) is 0.162. The molecule has 1 heterocycles. The number of hydrogen-bond acceptors (Lipinski definition) is 3. The normalized spacial score (nSPS) is 22.2. The lowest BCUT2D eigenvalue weighted by Crippen LogP contribution is -2.50. The van der Waals surface area contributed by atoms with Crippen LogP contribution in [0.3, 0.4) is 0 Å². The fourth-order valence-corrected chi connectivity index (χ4v) is 3.84. The molecule has 1 saturated heterocycles. The van der Waals surface area contributed by atoms with Crippen LogP contribution in [0.1, 0.15) is 44.1 Å². The second-order valence-electron chi connectivity index (χ2n) is 7.85. The van der Waals surface area contributed by atoms with Gasteiger partial charge >= 0.3 is 0 Å². The quantitative estimate of drug-likeness (QED) is 0.286. The highest BCUT2D eigenvalue weighted by Gasteiger charge is 2.42. The number of nitrogens with zero attached hydrogens (tertiary/aromatic N) is 2. The average molecular weight is 535 g/mol. The molecular formula is C21H32F2IN5O. The molecule has 3 rings (SSSR count). The third-order valence-corrected chi connectivity index (χ3v) is 5.57. The first kappa shape index (κ1) is 24.8. The summed E-state index contributed by atoms with van der Waals surface area (Å²) in [6.45, 7) is 4.89. The van der Waals surface area contributed by atoms with Gasteiger partial charge in [0, 0.05) is 50.2 Å². The van der Waals surface area contributed by atoms with Crippen LogP contribution in [-0.2, 0) is 4.79 Å². The molecule has 1 aliphatic heterocycles. The number of guanidine groups is 1. The molecule has 2 fully saturated rings. The molecule has 2 aliphatic rings. The lowest BCUT2D eigenvalue weighted by Gasteiger charge is -2.32. The molecule has 1 aromatic rings. The highest BCUT2D eigenvalue weighted by Crippen LogP contribution is 2.43. The monoisotopic (exact) mass is 535 g/mol. The van der Waals surface area contributed by atoms with Crippen molar-refractivity contribution in [1.82, 2.24) is 20.9 Å². The fourth-order valence-electron chi connectivity index (χ4n) is 3.84. The summed E-state index contributed by atoms with van der Waals surface area (Å²) in [5.74, 6) is -0.405. The van der Waals surface area contributed by atoms with Gasteiger partial charge in [-0.2, -0.15) is 0 Å². The van der Waals surface area contributed by atoms with Gasteiger partial charge in [0.05, 0.1) is 6.54 Å². The summed E-state index contributed by atoms with van der Waals surface area (Å²) < 4.78 is 27.9. The van der Waals surface area contributed by atoms with Gasteiger partial charge in [0.25, 0.3) is 0 Å². The maximum atomic E-state index is 14.0. The molecule has 0 radical (unpaired) electrons. The Morgan fingerprint density at radius 2 is 1.87 bits per heavy atom. The predicted molar refractivity (Wildman–Crippen MR) is 125 cm³/mol. The molecule has 1 aliphatic carbocycles. The molecule has 0 bridgehead atoms. The molecule has 3 N–H and O–H groups in total. The Labute approximate surface area is 194 Å². The van der Waals surface area contributed by atoms with Crippen LogP contribution in [0.25, 0.3) is 0 Å². The number of benzene rings is 1. The minimum Gasteiger partial charge on any atom is -0.355 e. The Morgan fingerprint density at radius 1 is 1.20 bits per heavy atom. The Hall–Kier alpha value is -1.49. The van der Waals surface area contributed by atoms with E-state index in [1.54, 1.807) is 7.05 Å².